The lowest BCUT2D eigenvalue weighted by Gasteiger charge is -2.11. The Morgan fingerprint density at radius 2 is 1.80 bits per heavy atom. The van der Waals surface area contributed by atoms with Gasteiger partial charge in [-0.15, -0.1) is 24.0 Å². The number of aliphatic imine (C=N–C) groups is 1. The summed E-state index contributed by atoms with van der Waals surface area (Å²) in [7, 11) is 0. The zero-order valence-corrected chi connectivity index (χ0v) is 14.6. The predicted octanol–water partition coefficient (Wildman–Crippen LogP) is 1.49. The van der Waals surface area contributed by atoms with Crippen molar-refractivity contribution < 1.29 is 4.79 Å². The van der Waals surface area contributed by atoms with Crippen LogP contribution in [-0.4, -0.2) is 38.0 Å². The van der Waals surface area contributed by atoms with Crippen molar-refractivity contribution in [3.63, 3.8) is 0 Å². The summed E-state index contributed by atoms with van der Waals surface area (Å²) in [6.45, 7) is 5.22. The van der Waals surface area contributed by atoms with Crippen LogP contribution in [0, 0.1) is 11.8 Å². The number of hydrogen-bond acceptors (Lipinski definition) is 2. The molecule has 116 valence electrons. The maximum Gasteiger partial charge on any atom is 0.223 e. The molecule has 0 saturated heterocycles. The minimum absolute atomic E-state index is 0. The van der Waals surface area contributed by atoms with Crippen molar-refractivity contribution in [2.45, 2.75) is 39.0 Å². The molecule has 2 aliphatic carbocycles. The Labute approximate surface area is 138 Å². The molecule has 0 radical (unpaired) electrons. The number of nitrogens with one attached hydrogen (secondary N) is 3. The third kappa shape index (κ3) is 7.31. The molecule has 0 aromatic carbocycles. The van der Waals surface area contributed by atoms with Crippen LogP contribution in [0.4, 0.5) is 0 Å². The minimum atomic E-state index is 0. The summed E-state index contributed by atoms with van der Waals surface area (Å²) in [5.41, 5.74) is 0. The molecule has 1 amide bonds. The molecule has 0 spiro atoms. The van der Waals surface area contributed by atoms with Crippen LogP contribution in [0.5, 0.6) is 0 Å². The SMILES string of the molecule is CCNC(=NCCC1CC1)NCCNC(=O)C1CC1.I. The Morgan fingerprint density at radius 1 is 1.10 bits per heavy atom. The topological polar surface area (TPSA) is 65.5 Å². The van der Waals surface area contributed by atoms with E-state index in [4.69, 9.17) is 0 Å². The summed E-state index contributed by atoms with van der Waals surface area (Å²) >= 11 is 0. The lowest BCUT2D eigenvalue weighted by Crippen LogP contribution is -2.41. The number of rotatable bonds is 8. The van der Waals surface area contributed by atoms with Crippen LogP contribution in [0.3, 0.4) is 0 Å². The number of amides is 1. The van der Waals surface area contributed by atoms with Gasteiger partial charge in [0.25, 0.3) is 0 Å². The van der Waals surface area contributed by atoms with Crippen LogP contribution in [-0.2, 0) is 4.79 Å². The molecular weight excluding hydrogens is 367 g/mol. The molecular formula is C14H27IN4O. The molecule has 0 atom stereocenters. The average Bonchev–Trinajstić information content (AvgIpc) is 3.27. The van der Waals surface area contributed by atoms with Gasteiger partial charge in [0.2, 0.25) is 5.91 Å². The minimum Gasteiger partial charge on any atom is -0.357 e. The maximum absolute atomic E-state index is 11.4. The smallest absolute Gasteiger partial charge is 0.223 e. The molecule has 0 aromatic rings. The van der Waals surface area contributed by atoms with Crippen molar-refractivity contribution in [2.24, 2.45) is 16.8 Å². The van der Waals surface area contributed by atoms with Crippen molar-refractivity contribution in [3.8, 4) is 0 Å². The van der Waals surface area contributed by atoms with Gasteiger partial charge in [0, 0.05) is 32.1 Å². The monoisotopic (exact) mass is 394 g/mol. The maximum atomic E-state index is 11.4. The van der Waals surface area contributed by atoms with E-state index < -0.39 is 0 Å². The summed E-state index contributed by atoms with van der Waals surface area (Å²) in [6.07, 6.45) is 6.09. The number of hydrogen-bond donors (Lipinski definition) is 3. The first-order chi connectivity index (χ1) is 9.29. The van der Waals surface area contributed by atoms with Crippen molar-refractivity contribution in [3.05, 3.63) is 0 Å². The van der Waals surface area contributed by atoms with Crippen LogP contribution in [0.1, 0.15) is 39.0 Å². The number of carbonyl (C=O) groups excluding carboxylic acids is 1. The molecule has 3 N–H and O–H groups in total. The van der Waals surface area contributed by atoms with Gasteiger partial charge >= 0.3 is 0 Å². The molecule has 0 unspecified atom stereocenters. The molecule has 0 heterocycles. The Kier molecular flexibility index (Phi) is 8.25. The zero-order chi connectivity index (χ0) is 13.5. The van der Waals surface area contributed by atoms with Crippen LogP contribution < -0.4 is 16.0 Å². The molecule has 2 saturated carbocycles. The van der Waals surface area contributed by atoms with Gasteiger partial charge in [-0.1, -0.05) is 12.8 Å². The third-order valence-electron chi connectivity index (χ3n) is 3.51. The van der Waals surface area contributed by atoms with E-state index in [0.717, 1.165) is 44.4 Å². The summed E-state index contributed by atoms with van der Waals surface area (Å²) in [4.78, 5) is 16.0. The van der Waals surface area contributed by atoms with Crippen LogP contribution in [0.25, 0.3) is 0 Å². The van der Waals surface area contributed by atoms with Gasteiger partial charge in [-0.3, -0.25) is 9.79 Å². The molecule has 2 fully saturated rings. The average molecular weight is 394 g/mol. The first-order valence-electron chi connectivity index (χ1n) is 7.59. The fourth-order valence-electron chi connectivity index (χ4n) is 1.96. The molecule has 0 aliphatic heterocycles. The van der Waals surface area contributed by atoms with Gasteiger partial charge in [-0.25, -0.2) is 0 Å². The lowest BCUT2D eigenvalue weighted by molar-refractivity contribution is -0.122. The van der Waals surface area contributed by atoms with Gasteiger partial charge in [0.15, 0.2) is 5.96 Å². The number of halogens is 1. The first-order valence-corrected chi connectivity index (χ1v) is 7.59. The van der Waals surface area contributed by atoms with E-state index in [-0.39, 0.29) is 29.9 Å². The summed E-state index contributed by atoms with van der Waals surface area (Å²) in [6, 6.07) is 0. The van der Waals surface area contributed by atoms with Gasteiger partial charge in [-0.2, -0.15) is 0 Å². The van der Waals surface area contributed by atoms with E-state index >= 15 is 0 Å². The van der Waals surface area contributed by atoms with E-state index in [1.165, 1.54) is 19.3 Å². The molecule has 2 aliphatic rings. The van der Waals surface area contributed by atoms with Crippen molar-refractivity contribution in [2.75, 3.05) is 26.2 Å². The summed E-state index contributed by atoms with van der Waals surface area (Å²) in [5.74, 6) is 2.28. The largest absolute Gasteiger partial charge is 0.357 e. The standard InChI is InChI=1S/C14H26N4O.HI/c1-2-15-14(17-8-7-11-3-4-11)18-10-9-16-13(19)12-5-6-12;/h11-12H,2-10H2,1H3,(H,16,19)(H2,15,17,18);1H. The van der Waals surface area contributed by atoms with E-state index in [1.807, 2.05) is 0 Å². The normalized spacial score (nSPS) is 18.1. The second-order valence-corrected chi connectivity index (χ2v) is 5.48. The summed E-state index contributed by atoms with van der Waals surface area (Å²) in [5, 5.41) is 9.42. The summed E-state index contributed by atoms with van der Waals surface area (Å²) < 4.78 is 0. The quantitative estimate of drug-likeness (QED) is 0.253. The zero-order valence-electron chi connectivity index (χ0n) is 12.3. The molecule has 0 aromatic heterocycles. The van der Waals surface area contributed by atoms with Gasteiger partial charge < -0.3 is 16.0 Å². The number of guanidine groups is 1. The Balaban J connectivity index is 0.00000200. The number of carbonyl (C=O) groups is 1. The Morgan fingerprint density at radius 3 is 2.40 bits per heavy atom. The van der Waals surface area contributed by atoms with Crippen molar-refractivity contribution in [1.82, 2.24) is 16.0 Å². The van der Waals surface area contributed by atoms with E-state index in [9.17, 15) is 4.79 Å². The fraction of sp³-hybridized carbons (Fsp3) is 0.857. The second kappa shape index (κ2) is 9.41. The number of nitrogens with zero attached hydrogens (tertiary/aromatic N) is 1. The fourth-order valence-corrected chi connectivity index (χ4v) is 1.96. The first kappa shape index (κ1) is 17.5. The third-order valence-corrected chi connectivity index (χ3v) is 3.51. The van der Waals surface area contributed by atoms with Crippen molar-refractivity contribution >= 4 is 35.8 Å². The van der Waals surface area contributed by atoms with Gasteiger partial charge in [0.1, 0.15) is 0 Å². The predicted molar refractivity (Wildman–Crippen MR) is 92.5 cm³/mol. The Hall–Kier alpha value is -0.530. The highest BCUT2D eigenvalue weighted by molar-refractivity contribution is 14.0. The van der Waals surface area contributed by atoms with E-state index in [1.54, 1.807) is 0 Å². The van der Waals surface area contributed by atoms with Gasteiger partial charge in [-0.05, 0) is 32.1 Å². The Bertz CT molecular complexity index is 327. The molecule has 0 bridgehead atoms. The lowest BCUT2D eigenvalue weighted by atomic mass is 10.3. The van der Waals surface area contributed by atoms with Crippen LogP contribution in [0.15, 0.2) is 4.99 Å². The van der Waals surface area contributed by atoms with Crippen LogP contribution >= 0.6 is 24.0 Å². The van der Waals surface area contributed by atoms with Crippen molar-refractivity contribution in [1.29, 1.82) is 0 Å². The second-order valence-electron chi connectivity index (χ2n) is 5.48. The van der Waals surface area contributed by atoms with Gasteiger partial charge in [0.05, 0.1) is 0 Å². The molecule has 2 rings (SSSR count). The highest BCUT2D eigenvalue weighted by atomic mass is 127. The van der Waals surface area contributed by atoms with E-state index in [2.05, 4.69) is 27.9 Å². The van der Waals surface area contributed by atoms with E-state index in [0.29, 0.717) is 12.5 Å². The molecule has 20 heavy (non-hydrogen) atoms. The van der Waals surface area contributed by atoms with Crippen LogP contribution in [0.2, 0.25) is 0 Å². The highest BCUT2D eigenvalue weighted by Gasteiger charge is 2.28. The highest BCUT2D eigenvalue weighted by Crippen LogP contribution is 2.32. The molecule has 5 nitrogen and oxygen atoms in total. The molecule has 6 heteroatoms.